The molecule has 0 bridgehead atoms. The molecule has 3 N–H and O–H groups in total. The van der Waals surface area contributed by atoms with E-state index in [1.807, 2.05) is 6.92 Å². The fraction of sp³-hybridized carbons (Fsp3) is 0.900. The number of carbonyl (C=O) groups excluding carboxylic acids is 1. The Bertz CT molecular complexity index is 157. The number of hydrogen-bond acceptors (Lipinski definition) is 2. The van der Waals surface area contributed by atoms with Crippen LogP contribution in [0.5, 0.6) is 0 Å². The lowest BCUT2D eigenvalue weighted by Crippen LogP contribution is -2.46. The van der Waals surface area contributed by atoms with Crippen LogP contribution in [-0.2, 0) is 4.79 Å². The van der Waals surface area contributed by atoms with Gasteiger partial charge in [-0.15, -0.1) is 0 Å². The second-order valence-corrected chi connectivity index (χ2v) is 4.07. The average molecular weight is 186 g/mol. The summed E-state index contributed by atoms with van der Waals surface area (Å²) < 4.78 is 0. The summed E-state index contributed by atoms with van der Waals surface area (Å²) >= 11 is 0. The molecular weight excluding hydrogens is 164 g/mol. The van der Waals surface area contributed by atoms with Crippen molar-refractivity contribution in [2.24, 2.45) is 17.6 Å². The Morgan fingerprint density at radius 3 is 2.23 bits per heavy atom. The first-order chi connectivity index (χ1) is 5.99. The summed E-state index contributed by atoms with van der Waals surface area (Å²) in [5.41, 5.74) is 5.30. The van der Waals surface area contributed by atoms with E-state index in [2.05, 4.69) is 26.1 Å². The summed E-state index contributed by atoms with van der Waals surface area (Å²) in [5, 5.41) is 3.19. The lowest BCUT2D eigenvalue weighted by molar-refractivity contribution is -0.121. The van der Waals surface area contributed by atoms with Gasteiger partial charge in [0.25, 0.3) is 0 Å². The summed E-state index contributed by atoms with van der Waals surface area (Å²) in [6.45, 7) is 9.18. The van der Waals surface area contributed by atoms with Crippen LogP contribution < -0.4 is 11.1 Å². The molecule has 0 aromatic rings. The summed E-state index contributed by atoms with van der Waals surface area (Å²) in [5.74, 6) is 0.622. The molecule has 1 unspecified atom stereocenters. The first-order valence-electron chi connectivity index (χ1n) is 5.01. The van der Waals surface area contributed by atoms with Crippen LogP contribution in [0.1, 0.15) is 34.1 Å². The first kappa shape index (κ1) is 12.4. The molecule has 0 heterocycles. The zero-order valence-corrected chi connectivity index (χ0v) is 9.13. The van der Waals surface area contributed by atoms with Crippen molar-refractivity contribution in [3.05, 3.63) is 0 Å². The number of primary amides is 1. The van der Waals surface area contributed by atoms with Crippen molar-refractivity contribution in [1.82, 2.24) is 5.32 Å². The van der Waals surface area contributed by atoms with Crippen LogP contribution in [0.15, 0.2) is 0 Å². The minimum Gasteiger partial charge on any atom is -0.368 e. The third-order valence-electron chi connectivity index (χ3n) is 2.27. The standard InChI is InChI=1S/C10H22N2O/c1-5-8(4)9(10(11)13)12-6-7(2)3/h7-9,12H,5-6H2,1-4H3,(H2,11,13)/t8?,9-/m0/s1. The average Bonchev–Trinajstić information content (AvgIpc) is 2.03. The summed E-state index contributed by atoms with van der Waals surface area (Å²) in [4.78, 5) is 11.1. The molecule has 3 heteroatoms. The van der Waals surface area contributed by atoms with Crippen molar-refractivity contribution >= 4 is 5.91 Å². The van der Waals surface area contributed by atoms with Crippen molar-refractivity contribution in [3.8, 4) is 0 Å². The molecule has 2 atom stereocenters. The number of rotatable bonds is 6. The van der Waals surface area contributed by atoms with Gasteiger partial charge in [-0.3, -0.25) is 4.79 Å². The number of hydrogen-bond donors (Lipinski definition) is 2. The Kier molecular flexibility index (Phi) is 5.71. The van der Waals surface area contributed by atoms with Crippen LogP contribution >= 0.6 is 0 Å². The lowest BCUT2D eigenvalue weighted by atomic mass is 9.98. The molecule has 0 rings (SSSR count). The molecule has 0 aliphatic heterocycles. The summed E-state index contributed by atoms with van der Waals surface area (Å²) in [6, 6.07) is -0.174. The Balaban J connectivity index is 4.02. The van der Waals surface area contributed by atoms with E-state index in [9.17, 15) is 4.79 Å². The quantitative estimate of drug-likeness (QED) is 0.653. The molecule has 0 aromatic heterocycles. The van der Waals surface area contributed by atoms with E-state index < -0.39 is 0 Å². The topological polar surface area (TPSA) is 55.1 Å². The number of amides is 1. The van der Waals surface area contributed by atoms with Gasteiger partial charge < -0.3 is 11.1 Å². The smallest absolute Gasteiger partial charge is 0.234 e. The van der Waals surface area contributed by atoms with Gasteiger partial charge in [0, 0.05) is 0 Å². The van der Waals surface area contributed by atoms with Crippen LogP contribution in [0.4, 0.5) is 0 Å². The van der Waals surface area contributed by atoms with Gasteiger partial charge in [-0.2, -0.15) is 0 Å². The van der Waals surface area contributed by atoms with E-state index >= 15 is 0 Å². The summed E-state index contributed by atoms with van der Waals surface area (Å²) in [6.07, 6.45) is 0.971. The molecule has 13 heavy (non-hydrogen) atoms. The second kappa shape index (κ2) is 5.97. The number of carbonyl (C=O) groups is 1. The van der Waals surface area contributed by atoms with E-state index in [0.717, 1.165) is 13.0 Å². The first-order valence-corrected chi connectivity index (χ1v) is 5.01. The molecule has 78 valence electrons. The molecule has 1 amide bonds. The molecule has 0 saturated carbocycles. The number of nitrogens with one attached hydrogen (secondary N) is 1. The predicted molar refractivity (Wildman–Crippen MR) is 55.3 cm³/mol. The van der Waals surface area contributed by atoms with Crippen molar-refractivity contribution in [2.75, 3.05) is 6.54 Å². The molecule has 3 nitrogen and oxygen atoms in total. The highest BCUT2D eigenvalue weighted by Gasteiger charge is 2.20. The molecule has 0 spiro atoms. The van der Waals surface area contributed by atoms with Gasteiger partial charge in [-0.1, -0.05) is 34.1 Å². The fourth-order valence-electron chi connectivity index (χ4n) is 1.18. The van der Waals surface area contributed by atoms with E-state index in [-0.39, 0.29) is 11.9 Å². The molecule has 0 radical (unpaired) electrons. The van der Waals surface area contributed by atoms with Gasteiger partial charge in [0.15, 0.2) is 0 Å². The molecule has 0 saturated heterocycles. The van der Waals surface area contributed by atoms with Gasteiger partial charge in [0.2, 0.25) is 5.91 Å². The van der Waals surface area contributed by atoms with Crippen molar-refractivity contribution < 1.29 is 4.79 Å². The third-order valence-corrected chi connectivity index (χ3v) is 2.27. The van der Waals surface area contributed by atoms with Gasteiger partial charge in [-0.05, 0) is 18.4 Å². The summed E-state index contributed by atoms with van der Waals surface area (Å²) in [7, 11) is 0. The van der Waals surface area contributed by atoms with E-state index in [0.29, 0.717) is 11.8 Å². The maximum absolute atomic E-state index is 11.1. The minimum absolute atomic E-state index is 0.174. The molecular formula is C10H22N2O. The Hall–Kier alpha value is -0.570. The van der Waals surface area contributed by atoms with Crippen LogP contribution in [0.2, 0.25) is 0 Å². The van der Waals surface area contributed by atoms with Crippen molar-refractivity contribution in [2.45, 2.75) is 40.2 Å². The van der Waals surface area contributed by atoms with Gasteiger partial charge >= 0.3 is 0 Å². The van der Waals surface area contributed by atoms with Gasteiger partial charge in [0.1, 0.15) is 0 Å². The zero-order chi connectivity index (χ0) is 10.4. The van der Waals surface area contributed by atoms with Crippen LogP contribution in [-0.4, -0.2) is 18.5 Å². The Morgan fingerprint density at radius 2 is 1.92 bits per heavy atom. The highest BCUT2D eigenvalue weighted by atomic mass is 16.1. The molecule has 0 fully saturated rings. The number of nitrogens with two attached hydrogens (primary N) is 1. The molecule has 0 aromatic carbocycles. The van der Waals surface area contributed by atoms with Crippen LogP contribution in [0.3, 0.4) is 0 Å². The van der Waals surface area contributed by atoms with E-state index in [1.165, 1.54) is 0 Å². The SMILES string of the molecule is CCC(C)[C@H](NCC(C)C)C(N)=O. The monoisotopic (exact) mass is 186 g/mol. The van der Waals surface area contributed by atoms with E-state index in [4.69, 9.17) is 5.73 Å². The fourth-order valence-corrected chi connectivity index (χ4v) is 1.18. The third kappa shape index (κ3) is 4.88. The van der Waals surface area contributed by atoms with Gasteiger partial charge in [-0.25, -0.2) is 0 Å². The molecule has 0 aliphatic carbocycles. The maximum Gasteiger partial charge on any atom is 0.234 e. The predicted octanol–water partition coefficient (Wildman–Crippen LogP) is 1.13. The zero-order valence-electron chi connectivity index (χ0n) is 9.13. The highest BCUT2D eigenvalue weighted by molar-refractivity contribution is 5.80. The minimum atomic E-state index is -0.241. The normalized spacial score (nSPS) is 15.8. The highest BCUT2D eigenvalue weighted by Crippen LogP contribution is 2.07. The maximum atomic E-state index is 11.1. The van der Waals surface area contributed by atoms with Crippen molar-refractivity contribution in [1.29, 1.82) is 0 Å². The molecule has 0 aliphatic rings. The second-order valence-electron chi connectivity index (χ2n) is 4.07. The lowest BCUT2D eigenvalue weighted by Gasteiger charge is -2.22. The largest absolute Gasteiger partial charge is 0.368 e. The Labute approximate surface area is 81.1 Å². The van der Waals surface area contributed by atoms with Crippen LogP contribution in [0.25, 0.3) is 0 Å². The van der Waals surface area contributed by atoms with Gasteiger partial charge in [0.05, 0.1) is 6.04 Å². The van der Waals surface area contributed by atoms with Crippen molar-refractivity contribution in [3.63, 3.8) is 0 Å². The van der Waals surface area contributed by atoms with Crippen LogP contribution in [0, 0.1) is 11.8 Å². The Morgan fingerprint density at radius 1 is 1.38 bits per heavy atom. The van der Waals surface area contributed by atoms with E-state index in [1.54, 1.807) is 0 Å².